The van der Waals surface area contributed by atoms with Crippen LogP contribution in [0.4, 0.5) is 0 Å². The van der Waals surface area contributed by atoms with Gasteiger partial charge in [-0.05, 0) is 145 Å². The number of hydrogen-bond donors (Lipinski definition) is 0. The Morgan fingerprint density at radius 3 is 1.06 bits per heavy atom. The Bertz CT molecular complexity index is 1430. The molecule has 1 saturated carbocycles. The summed E-state index contributed by atoms with van der Waals surface area (Å²) in [5.41, 5.74) is 7.56. The standard InChI is InChI=1S/C42H42N6/c1-3-17-47-41(9-1)39-25-36(32-13-21-44-22-14-32)26-40(42-10-2-4-18-48-42)28-38(34-8-6-16-46-30-34)24-35(31-11-19-43-20-12-31)23-37(27-39)33-7-5-15-45-29-33/h1-22,29-30,35-40H,23-28H2. The van der Waals surface area contributed by atoms with Crippen molar-refractivity contribution in [3.05, 3.63) is 181 Å². The molecule has 1 aliphatic rings. The molecule has 6 aromatic rings. The van der Waals surface area contributed by atoms with E-state index >= 15 is 0 Å². The highest BCUT2D eigenvalue weighted by Crippen LogP contribution is 2.48. The van der Waals surface area contributed by atoms with Gasteiger partial charge in [0.1, 0.15) is 0 Å². The summed E-state index contributed by atoms with van der Waals surface area (Å²) in [6, 6.07) is 30.3. The van der Waals surface area contributed by atoms with Gasteiger partial charge in [0.25, 0.3) is 0 Å². The van der Waals surface area contributed by atoms with E-state index in [0.29, 0.717) is 23.7 Å². The molecule has 6 heteroatoms. The van der Waals surface area contributed by atoms with Crippen LogP contribution in [0.25, 0.3) is 0 Å². The summed E-state index contributed by atoms with van der Waals surface area (Å²) in [4.78, 5) is 28.0. The summed E-state index contributed by atoms with van der Waals surface area (Å²) in [7, 11) is 0. The quantitative estimate of drug-likeness (QED) is 0.182. The molecule has 0 N–H and O–H groups in total. The smallest absolute Gasteiger partial charge is 0.0434 e. The van der Waals surface area contributed by atoms with Crippen molar-refractivity contribution in [2.75, 3.05) is 0 Å². The Kier molecular flexibility index (Phi) is 10.3. The average Bonchev–Trinajstić information content (AvgIpc) is 3.17. The van der Waals surface area contributed by atoms with Crippen molar-refractivity contribution < 1.29 is 0 Å². The van der Waals surface area contributed by atoms with Gasteiger partial charge in [0.05, 0.1) is 0 Å². The molecule has 0 amide bonds. The highest BCUT2D eigenvalue weighted by molar-refractivity contribution is 5.27. The van der Waals surface area contributed by atoms with Crippen LogP contribution in [0.2, 0.25) is 0 Å². The van der Waals surface area contributed by atoms with Crippen LogP contribution in [-0.2, 0) is 0 Å². The first kappa shape index (κ1) is 31.5. The highest BCUT2D eigenvalue weighted by atomic mass is 14.7. The Morgan fingerprint density at radius 2 is 0.708 bits per heavy atom. The summed E-state index contributed by atoms with van der Waals surface area (Å²) < 4.78 is 0. The molecular weight excluding hydrogens is 589 g/mol. The van der Waals surface area contributed by atoms with Crippen molar-refractivity contribution in [2.24, 2.45) is 0 Å². The number of pyridine rings is 6. The van der Waals surface area contributed by atoms with Crippen LogP contribution in [0.3, 0.4) is 0 Å². The van der Waals surface area contributed by atoms with Crippen molar-refractivity contribution in [3.63, 3.8) is 0 Å². The van der Waals surface area contributed by atoms with Gasteiger partial charge in [0.15, 0.2) is 0 Å². The molecule has 0 aliphatic heterocycles. The van der Waals surface area contributed by atoms with Crippen LogP contribution < -0.4 is 0 Å². The third kappa shape index (κ3) is 7.88. The van der Waals surface area contributed by atoms with Gasteiger partial charge in [0, 0.05) is 85.2 Å². The van der Waals surface area contributed by atoms with E-state index in [1.54, 1.807) is 0 Å². The van der Waals surface area contributed by atoms with Crippen LogP contribution in [0.15, 0.2) is 147 Å². The highest BCUT2D eigenvalue weighted by Gasteiger charge is 2.33. The zero-order chi connectivity index (χ0) is 32.4. The molecule has 0 saturated heterocycles. The lowest BCUT2D eigenvalue weighted by Gasteiger charge is -2.35. The van der Waals surface area contributed by atoms with Crippen molar-refractivity contribution in [1.29, 1.82) is 0 Å². The average molecular weight is 631 g/mol. The Morgan fingerprint density at radius 1 is 0.312 bits per heavy atom. The number of hydrogen-bond acceptors (Lipinski definition) is 6. The van der Waals surface area contributed by atoms with Gasteiger partial charge in [-0.2, -0.15) is 0 Å². The molecule has 6 aromatic heterocycles. The summed E-state index contributed by atoms with van der Waals surface area (Å²) in [5.74, 6) is 1.71. The zero-order valence-electron chi connectivity index (χ0n) is 27.2. The molecule has 1 aliphatic carbocycles. The molecule has 6 nitrogen and oxygen atoms in total. The second-order valence-corrected chi connectivity index (χ2v) is 13.2. The number of nitrogens with zero attached hydrogens (tertiary/aromatic N) is 6. The van der Waals surface area contributed by atoms with E-state index in [0.717, 1.165) is 49.9 Å². The lowest BCUT2D eigenvalue weighted by molar-refractivity contribution is 0.346. The van der Waals surface area contributed by atoms with Crippen LogP contribution in [0.5, 0.6) is 0 Å². The van der Waals surface area contributed by atoms with Gasteiger partial charge in [0.2, 0.25) is 0 Å². The number of rotatable bonds is 6. The summed E-state index contributed by atoms with van der Waals surface area (Å²) >= 11 is 0. The topological polar surface area (TPSA) is 77.3 Å². The summed E-state index contributed by atoms with van der Waals surface area (Å²) in [5, 5.41) is 0. The molecule has 0 radical (unpaired) electrons. The van der Waals surface area contributed by atoms with E-state index in [4.69, 9.17) is 9.97 Å². The molecule has 0 aromatic carbocycles. The fourth-order valence-corrected chi connectivity index (χ4v) is 7.95. The Hall–Kier alpha value is -5.10. The monoisotopic (exact) mass is 630 g/mol. The van der Waals surface area contributed by atoms with Crippen molar-refractivity contribution >= 4 is 0 Å². The van der Waals surface area contributed by atoms with E-state index in [1.165, 1.54) is 22.3 Å². The SMILES string of the molecule is c1ccc(C2CC(c3cccnc3)CC(c3ccncc3)CC(c3cccnc3)CC(c3ccccn3)CC(c3ccncc3)C2)nc1. The summed E-state index contributed by atoms with van der Waals surface area (Å²) in [6.07, 6.45) is 25.5. The Balaban J connectivity index is 1.38. The second kappa shape index (κ2) is 15.7. The van der Waals surface area contributed by atoms with Crippen LogP contribution in [-0.4, -0.2) is 29.9 Å². The minimum absolute atomic E-state index is 0.255. The van der Waals surface area contributed by atoms with Crippen LogP contribution in [0, 0.1) is 0 Å². The molecule has 0 spiro atoms. The largest absolute Gasteiger partial charge is 0.265 e. The van der Waals surface area contributed by atoms with Gasteiger partial charge < -0.3 is 0 Å². The van der Waals surface area contributed by atoms with E-state index in [2.05, 4.69) is 105 Å². The maximum Gasteiger partial charge on any atom is 0.0434 e. The van der Waals surface area contributed by atoms with Crippen molar-refractivity contribution in [1.82, 2.24) is 29.9 Å². The minimum Gasteiger partial charge on any atom is -0.265 e. The third-order valence-corrected chi connectivity index (χ3v) is 10.3. The van der Waals surface area contributed by atoms with Gasteiger partial charge in [-0.25, -0.2) is 0 Å². The van der Waals surface area contributed by atoms with Gasteiger partial charge in [-0.15, -0.1) is 0 Å². The van der Waals surface area contributed by atoms with E-state index in [9.17, 15) is 0 Å². The predicted octanol–water partition coefficient (Wildman–Crippen LogP) is 9.41. The normalized spacial score (nSPS) is 23.8. The van der Waals surface area contributed by atoms with Gasteiger partial charge in [-0.3, -0.25) is 29.9 Å². The maximum absolute atomic E-state index is 4.98. The maximum atomic E-state index is 4.98. The third-order valence-electron chi connectivity index (χ3n) is 10.3. The lowest BCUT2D eigenvalue weighted by Crippen LogP contribution is -2.20. The van der Waals surface area contributed by atoms with Crippen LogP contribution >= 0.6 is 0 Å². The molecule has 4 atom stereocenters. The van der Waals surface area contributed by atoms with E-state index < -0.39 is 0 Å². The molecular formula is C42H42N6. The second-order valence-electron chi connectivity index (χ2n) is 13.2. The molecule has 240 valence electrons. The molecule has 48 heavy (non-hydrogen) atoms. The first-order valence-corrected chi connectivity index (χ1v) is 17.2. The minimum atomic E-state index is 0.255. The fraction of sp³-hybridized carbons (Fsp3) is 0.286. The van der Waals surface area contributed by atoms with Crippen molar-refractivity contribution in [2.45, 2.75) is 74.0 Å². The molecule has 4 unspecified atom stereocenters. The zero-order valence-corrected chi connectivity index (χ0v) is 27.2. The molecule has 6 heterocycles. The van der Waals surface area contributed by atoms with Crippen LogP contribution in [0.1, 0.15) is 108 Å². The van der Waals surface area contributed by atoms with Gasteiger partial charge in [-0.1, -0.05) is 24.3 Å². The Labute approximate surface area is 283 Å². The number of aromatic nitrogens is 6. The lowest BCUT2D eigenvalue weighted by atomic mass is 9.70. The molecule has 0 bridgehead atoms. The predicted molar refractivity (Wildman–Crippen MR) is 190 cm³/mol. The van der Waals surface area contributed by atoms with E-state index in [1.807, 2.05) is 61.7 Å². The fourth-order valence-electron chi connectivity index (χ4n) is 7.95. The molecule has 7 rings (SSSR count). The van der Waals surface area contributed by atoms with Gasteiger partial charge >= 0.3 is 0 Å². The first-order valence-electron chi connectivity index (χ1n) is 17.2. The molecule has 1 fully saturated rings. The van der Waals surface area contributed by atoms with Crippen molar-refractivity contribution in [3.8, 4) is 0 Å². The van der Waals surface area contributed by atoms with E-state index in [-0.39, 0.29) is 11.8 Å². The first-order chi connectivity index (χ1) is 23.8. The summed E-state index contributed by atoms with van der Waals surface area (Å²) in [6.45, 7) is 0.